The highest BCUT2D eigenvalue weighted by molar-refractivity contribution is 14.1. The summed E-state index contributed by atoms with van der Waals surface area (Å²) in [4.78, 5) is 45.0. The van der Waals surface area contributed by atoms with Crippen LogP contribution in [0.1, 0.15) is 43.7 Å². The molecule has 0 aliphatic carbocycles. The Kier molecular flexibility index (Phi) is 8.22. The van der Waals surface area contributed by atoms with E-state index < -0.39 is 23.7 Å². The molecule has 3 aromatic carbocycles. The lowest BCUT2D eigenvalue weighted by molar-refractivity contribution is -0.132. The minimum Gasteiger partial charge on any atom is -0.507 e. The molecule has 1 aliphatic heterocycles. The number of ketones is 1. The number of benzene rings is 3. The number of halogens is 1. The molecule has 1 aliphatic rings. The number of esters is 1. The van der Waals surface area contributed by atoms with Crippen LogP contribution in [0.4, 0.5) is 5.13 Å². The third-order valence-corrected chi connectivity index (χ3v) is 8.46. The SMILES string of the molecule is COC(=O)c1sc(N2C(=O)C(=O)/C(=C(/O)c3ccc(OCc4cccc(C)c4)cc3)C2c2ccc(I)cc2)nc1C. The van der Waals surface area contributed by atoms with Gasteiger partial charge in [-0.3, -0.25) is 14.5 Å². The van der Waals surface area contributed by atoms with Gasteiger partial charge in [-0.1, -0.05) is 53.3 Å². The van der Waals surface area contributed by atoms with Crippen LogP contribution in [0.5, 0.6) is 5.75 Å². The Hall–Kier alpha value is -4.03. The normalized spacial score (nSPS) is 16.2. The van der Waals surface area contributed by atoms with E-state index in [1.54, 1.807) is 43.3 Å². The van der Waals surface area contributed by atoms with Crippen molar-refractivity contribution < 1.29 is 29.0 Å². The van der Waals surface area contributed by atoms with Crippen molar-refractivity contribution in [2.45, 2.75) is 26.5 Å². The molecule has 208 valence electrons. The van der Waals surface area contributed by atoms with E-state index in [1.807, 2.05) is 43.3 Å². The number of carbonyl (C=O) groups excluding carboxylic acids is 3. The van der Waals surface area contributed by atoms with Gasteiger partial charge in [0.1, 0.15) is 23.0 Å². The minimum absolute atomic E-state index is 0.0721. The van der Waals surface area contributed by atoms with Gasteiger partial charge < -0.3 is 14.6 Å². The van der Waals surface area contributed by atoms with E-state index >= 15 is 0 Å². The van der Waals surface area contributed by atoms with Crippen molar-refractivity contribution in [3.8, 4) is 5.75 Å². The van der Waals surface area contributed by atoms with Crippen molar-refractivity contribution in [3.05, 3.63) is 115 Å². The van der Waals surface area contributed by atoms with Crippen LogP contribution >= 0.6 is 33.9 Å². The molecule has 0 radical (unpaired) electrons. The first-order chi connectivity index (χ1) is 19.7. The Balaban J connectivity index is 1.52. The van der Waals surface area contributed by atoms with E-state index in [-0.39, 0.29) is 21.3 Å². The zero-order chi connectivity index (χ0) is 29.3. The lowest BCUT2D eigenvalue weighted by Gasteiger charge is -2.23. The fourth-order valence-electron chi connectivity index (χ4n) is 4.59. The number of aryl methyl sites for hydroxylation is 2. The summed E-state index contributed by atoms with van der Waals surface area (Å²) in [6.45, 7) is 4.03. The fraction of sp³-hybridized carbons (Fsp3) is 0.161. The van der Waals surface area contributed by atoms with Crippen LogP contribution in [0.25, 0.3) is 5.76 Å². The number of methoxy groups -OCH3 is 1. The second-order valence-electron chi connectivity index (χ2n) is 9.43. The van der Waals surface area contributed by atoms with Gasteiger partial charge in [-0.2, -0.15) is 0 Å². The Morgan fingerprint density at radius 2 is 1.76 bits per heavy atom. The number of aromatic nitrogens is 1. The van der Waals surface area contributed by atoms with Gasteiger partial charge in [0, 0.05) is 9.13 Å². The maximum atomic E-state index is 13.4. The van der Waals surface area contributed by atoms with Gasteiger partial charge >= 0.3 is 11.9 Å². The van der Waals surface area contributed by atoms with E-state index in [1.165, 1.54) is 12.0 Å². The molecule has 0 bridgehead atoms. The van der Waals surface area contributed by atoms with Crippen LogP contribution in [0.3, 0.4) is 0 Å². The average Bonchev–Trinajstić information content (AvgIpc) is 3.48. The molecule has 8 nitrogen and oxygen atoms in total. The number of nitrogens with zero attached hydrogens (tertiary/aromatic N) is 2. The molecule has 1 amide bonds. The van der Waals surface area contributed by atoms with Gasteiger partial charge in [0.2, 0.25) is 0 Å². The highest BCUT2D eigenvalue weighted by Crippen LogP contribution is 2.44. The van der Waals surface area contributed by atoms with Gasteiger partial charge in [0.15, 0.2) is 5.13 Å². The van der Waals surface area contributed by atoms with E-state index in [9.17, 15) is 19.5 Å². The smallest absolute Gasteiger partial charge is 0.350 e. The highest BCUT2D eigenvalue weighted by atomic mass is 127. The number of aliphatic hydroxyl groups is 1. The molecule has 1 aromatic heterocycles. The molecular weight excluding hydrogens is 655 g/mol. The number of Topliss-reactive ketones (excluding diaryl/α,β-unsaturated/α-hetero) is 1. The number of carbonyl (C=O) groups is 3. The quantitative estimate of drug-likeness (QED) is 0.0797. The number of hydrogen-bond acceptors (Lipinski definition) is 8. The van der Waals surface area contributed by atoms with Crippen LogP contribution in [0, 0.1) is 17.4 Å². The molecule has 1 unspecified atom stereocenters. The zero-order valence-electron chi connectivity index (χ0n) is 22.4. The first kappa shape index (κ1) is 28.5. The van der Waals surface area contributed by atoms with E-state index in [0.717, 1.165) is 26.0 Å². The Morgan fingerprint density at radius 1 is 1.05 bits per heavy atom. The number of amides is 1. The van der Waals surface area contributed by atoms with E-state index in [2.05, 4.69) is 27.6 Å². The topological polar surface area (TPSA) is 106 Å². The van der Waals surface area contributed by atoms with Crippen molar-refractivity contribution in [2.24, 2.45) is 0 Å². The van der Waals surface area contributed by atoms with Gasteiger partial charge in [-0.05, 0) is 84.0 Å². The average molecular weight is 681 g/mol. The van der Waals surface area contributed by atoms with Crippen LogP contribution < -0.4 is 9.64 Å². The van der Waals surface area contributed by atoms with Crippen LogP contribution in [0.2, 0.25) is 0 Å². The lowest BCUT2D eigenvalue weighted by atomic mass is 9.95. The fourth-order valence-corrected chi connectivity index (χ4v) is 5.96. The number of hydrogen-bond donors (Lipinski definition) is 1. The molecule has 1 fully saturated rings. The Labute approximate surface area is 254 Å². The number of anilines is 1. The van der Waals surface area contributed by atoms with Crippen molar-refractivity contribution >= 4 is 62.5 Å². The molecule has 10 heteroatoms. The first-order valence-corrected chi connectivity index (χ1v) is 14.5. The summed E-state index contributed by atoms with van der Waals surface area (Å²) in [5.41, 5.74) is 3.43. The van der Waals surface area contributed by atoms with Gasteiger partial charge in [0.05, 0.1) is 24.4 Å². The predicted octanol–water partition coefficient (Wildman–Crippen LogP) is 6.36. The summed E-state index contributed by atoms with van der Waals surface area (Å²) in [6.07, 6.45) is 0. The number of thiazole rings is 1. The first-order valence-electron chi connectivity index (χ1n) is 12.6. The molecule has 1 atom stereocenters. The molecule has 41 heavy (non-hydrogen) atoms. The molecule has 5 rings (SSSR count). The Morgan fingerprint density at radius 3 is 2.41 bits per heavy atom. The number of ether oxygens (including phenoxy) is 2. The maximum absolute atomic E-state index is 13.4. The van der Waals surface area contributed by atoms with Gasteiger partial charge in [-0.25, -0.2) is 9.78 Å². The van der Waals surface area contributed by atoms with E-state index in [4.69, 9.17) is 9.47 Å². The maximum Gasteiger partial charge on any atom is 0.350 e. The molecule has 1 saturated heterocycles. The largest absolute Gasteiger partial charge is 0.507 e. The molecule has 0 spiro atoms. The summed E-state index contributed by atoms with van der Waals surface area (Å²) >= 11 is 3.12. The zero-order valence-corrected chi connectivity index (χ0v) is 25.4. The minimum atomic E-state index is -0.958. The van der Waals surface area contributed by atoms with Gasteiger partial charge in [-0.15, -0.1) is 0 Å². The van der Waals surface area contributed by atoms with Crippen molar-refractivity contribution in [1.29, 1.82) is 0 Å². The van der Waals surface area contributed by atoms with E-state index in [0.29, 0.717) is 29.2 Å². The second-order valence-corrected chi connectivity index (χ2v) is 11.6. The van der Waals surface area contributed by atoms with Crippen LogP contribution in [-0.2, 0) is 20.9 Å². The standard InChI is InChI=1S/C31H25IN2O6S/c1-17-5-4-6-19(15-17)16-40-23-13-9-21(10-14-23)26(35)24-25(20-7-11-22(32)12-8-20)34(29(37)27(24)36)31-33-18(2)28(41-31)30(38)39-3/h4-15,25,35H,16H2,1-3H3/b26-24+. The molecule has 2 heterocycles. The summed E-state index contributed by atoms with van der Waals surface area (Å²) in [5.74, 6) is -2.01. The van der Waals surface area contributed by atoms with Crippen molar-refractivity contribution in [3.63, 3.8) is 0 Å². The van der Waals surface area contributed by atoms with Crippen molar-refractivity contribution in [2.75, 3.05) is 12.0 Å². The third kappa shape index (κ3) is 5.75. The molecular formula is C31H25IN2O6S. The Bertz CT molecular complexity index is 1680. The molecule has 0 saturated carbocycles. The highest BCUT2D eigenvalue weighted by Gasteiger charge is 2.48. The summed E-state index contributed by atoms with van der Waals surface area (Å²) in [7, 11) is 1.26. The number of aliphatic hydroxyl groups excluding tert-OH is 1. The number of rotatable bonds is 7. The molecule has 4 aromatic rings. The lowest BCUT2D eigenvalue weighted by Crippen LogP contribution is -2.29. The monoisotopic (exact) mass is 680 g/mol. The summed E-state index contributed by atoms with van der Waals surface area (Å²) < 4.78 is 11.7. The second kappa shape index (κ2) is 11.8. The van der Waals surface area contributed by atoms with Crippen LogP contribution in [-0.4, -0.2) is 34.9 Å². The van der Waals surface area contributed by atoms with Crippen molar-refractivity contribution in [1.82, 2.24) is 4.98 Å². The van der Waals surface area contributed by atoms with Crippen LogP contribution in [0.15, 0.2) is 78.4 Å². The summed E-state index contributed by atoms with van der Waals surface area (Å²) in [5, 5.41) is 11.6. The van der Waals surface area contributed by atoms with Gasteiger partial charge in [0.25, 0.3) is 5.78 Å². The third-order valence-electron chi connectivity index (χ3n) is 6.61. The summed E-state index contributed by atoms with van der Waals surface area (Å²) in [6, 6.07) is 21.0. The molecule has 1 N–H and O–H groups in total. The predicted molar refractivity (Wildman–Crippen MR) is 164 cm³/mol.